The molecule has 0 bridgehead atoms. The molecule has 0 saturated carbocycles. The van der Waals surface area contributed by atoms with Crippen molar-refractivity contribution < 1.29 is 19.1 Å². The first-order chi connectivity index (χ1) is 13.8. The number of esters is 1. The number of methoxy groups -OCH3 is 1. The average Bonchev–Trinajstić information content (AvgIpc) is 3.02. The van der Waals surface area contributed by atoms with Gasteiger partial charge in [-0.3, -0.25) is 4.79 Å². The zero-order valence-electron chi connectivity index (χ0n) is 17.4. The molecule has 0 radical (unpaired) electrons. The van der Waals surface area contributed by atoms with E-state index in [1.165, 1.54) is 5.56 Å². The minimum Gasteiger partial charge on any atom is -0.497 e. The van der Waals surface area contributed by atoms with Gasteiger partial charge in [0.1, 0.15) is 5.75 Å². The largest absolute Gasteiger partial charge is 0.497 e. The van der Waals surface area contributed by atoms with E-state index >= 15 is 0 Å². The Hall–Kier alpha value is -3.34. The molecule has 1 heterocycles. The number of rotatable bonds is 6. The van der Waals surface area contributed by atoms with E-state index < -0.39 is 12.1 Å². The molecule has 1 atom stereocenters. The fourth-order valence-corrected chi connectivity index (χ4v) is 3.33. The summed E-state index contributed by atoms with van der Waals surface area (Å²) < 4.78 is 12.6. The molecule has 5 heteroatoms. The molecule has 0 spiro atoms. The van der Waals surface area contributed by atoms with Crippen LogP contribution in [0.25, 0.3) is 5.69 Å². The molecule has 5 nitrogen and oxygen atoms in total. The number of nitrogens with zero attached hydrogens (tertiary/aromatic N) is 1. The Labute approximate surface area is 170 Å². The smallest absolute Gasteiger partial charge is 0.340 e. The molecule has 150 valence electrons. The van der Waals surface area contributed by atoms with Crippen molar-refractivity contribution in [3.05, 3.63) is 82.7 Å². The van der Waals surface area contributed by atoms with Crippen LogP contribution < -0.4 is 4.74 Å². The Morgan fingerprint density at radius 2 is 1.55 bits per heavy atom. The molecule has 29 heavy (non-hydrogen) atoms. The zero-order valence-corrected chi connectivity index (χ0v) is 17.4. The van der Waals surface area contributed by atoms with Crippen molar-refractivity contribution >= 4 is 11.8 Å². The first kappa shape index (κ1) is 20.4. The lowest BCUT2D eigenvalue weighted by atomic mass is 10.1. The number of carbonyl (C=O) groups is 2. The highest BCUT2D eigenvalue weighted by molar-refractivity contribution is 6.01. The van der Waals surface area contributed by atoms with Gasteiger partial charge in [0.05, 0.1) is 12.7 Å². The molecule has 0 saturated heterocycles. The van der Waals surface area contributed by atoms with Crippen LogP contribution in [0.2, 0.25) is 0 Å². The molecule has 0 aliphatic carbocycles. The van der Waals surface area contributed by atoms with Crippen molar-refractivity contribution in [2.24, 2.45) is 0 Å². The Kier molecular flexibility index (Phi) is 5.87. The summed E-state index contributed by atoms with van der Waals surface area (Å²) in [6.45, 7) is 7.43. The Balaban J connectivity index is 1.79. The van der Waals surface area contributed by atoms with Gasteiger partial charge in [0, 0.05) is 22.6 Å². The number of aryl methyl sites for hydroxylation is 2. The predicted octanol–water partition coefficient (Wildman–Crippen LogP) is 4.84. The van der Waals surface area contributed by atoms with E-state index in [2.05, 4.69) is 0 Å². The van der Waals surface area contributed by atoms with Crippen LogP contribution in [-0.4, -0.2) is 29.5 Å². The van der Waals surface area contributed by atoms with Gasteiger partial charge < -0.3 is 14.0 Å². The van der Waals surface area contributed by atoms with Crippen LogP contribution in [0.15, 0.2) is 54.6 Å². The predicted molar refractivity (Wildman–Crippen MR) is 112 cm³/mol. The van der Waals surface area contributed by atoms with Gasteiger partial charge in [-0.25, -0.2) is 4.79 Å². The molecule has 1 aromatic heterocycles. The number of hydrogen-bond acceptors (Lipinski definition) is 4. The second-order valence-corrected chi connectivity index (χ2v) is 7.10. The number of Topliss-reactive ketones (excluding diaryl/α,β-unsaturated/α-hetero) is 1. The monoisotopic (exact) mass is 391 g/mol. The third-order valence-electron chi connectivity index (χ3n) is 4.97. The fraction of sp³-hybridized carbons (Fsp3) is 0.250. The standard InChI is InChI=1S/C24H25NO4/c1-15-6-10-20(11-7-15)25-16(2)14-22(17(25)3)24(27)29-18(4)23(26)19-8-12-21(28-5)13-9-19/h6-14,18H,1-5H3/t18-/m1/s1. The van der Waals surface area contributed by atoms with Gasteiger partial charge in [-0.15, -0.1) is 0 Å². The Morgan fingerprint density at radius 1 is 0.931 bits per heavy atom. The first-order valence-electron chi connectivity index (χ1n) is 9.47. The first-order valence-corrected chi connectivity index (χ1v) is 9.47. The van der Waals surface area contributed by atoms with Crippen LogP contribution in [0.3, 0.4) is 0 Å². The molecular formula is C24H25NO4. The second-order valence-electron chi connectivity index (χ2n) is 7.10. The number of hydrogen-bond donors (Lipinski definition) is 0. The lowest BCUT2D eigenvalue weighted by Crippen LogP contribution is -2.24. The number of carbonyl (C=O) groups excluding carboxylic acids is 2. The fourth-order valence-electron chi connectivity index (χ4n) is 3.33. The lowest BCUT2D eigenvalue weighted by Gasteiger charge is -2.13. The van der Waals surface area contributed by atoms with E-state index in [9.17, 15) is 9.59 Å². The minimum absolute atomic E-state index is 0.256. The van der Waals surface area contributed by atoms with Crippen molar-refractivity contribution in [2.45, 2.75) is 33.8 Å². The summed E-state index contributed by atoms with van der Waals surface area (Å²) in [7, 11) is 1.56. The highest BCUT2D eigenvalue weighted by atomic mass is 16.5. The summed E-state index contributed by atoms with van der Waals surface area (Å²) in [5, 5.41) is 0. The van der Waals surface area contributed by atoms with Gasteiger partial charge in [0.15, 0.2) is 6.10 Å². The van der Waals surface area contributed by atoms with Crippen LogP contribution in [0.5, 0.6) is 5.75 Å². The van der Waals surface area contributed by atoms with Crippen LogP contribution in [-0.2, 0) is 4.74 Å². The lowest BCUT2D eigenvalue weighted by molar-refractivity contribution is 0.0318. The van der Waals surface area contributed by atoms with Crippen LogP contribution in [0, 0.1) is 20.8 Å². The molecule has 0 aliphatic rings. The maximum atomic E-state index is 12.8. The molecule has 0 unspecified atom stereocenters. The van der Waals surface area contributed by atoms with E-state index in [1.54, 1.807) is 44.4 Å². The summed E-state index contributed by atoms with van der Waals surface area (Å²) in [4.78, 5) is 25.4. The maximum absolute atomic E-state index is 12.8. The average molecular weight is 391 g/mol. The van der Waals surface area contributed by atoms with Gasteiger partial charge in [-0.05, 0) is 70.2 Å². The van der Waals surface area contributed by atoms with Gasteiger partial charge in [0.25, 0.3) is 0 Å². The van der Waals surface area contributed by atoms with E-state index in [-0.39, 0.29) is 5.78 Å². The van der Waals surface area contributed by atoms with Crippen molar-refractivity contribution in [1.29, 1.82) is 0 Å². The normalized spacial score (nSPS) is 11.8. The molecule has 3 rings (SSSR count). The number of benzene rings is 2. The topological polar surface area (TPSA) is 57.5 Å². The third-order valence-corrected chi connectivity index (χ3v) is 4.97. The van der Waals surface area contributed by atoms with Crippen LogP contribution in [0.1, 0.15) is 44.6 Å². The van der Waals surface area contributed by atoms with E-state index in [0.717, 1.165) is 17.1 Å². The van der Waals surface area contributed by atoms with Gasteiger partial charge in [-0.2, -0.15) is 0 Å². The Morgan fingerprint density at radius 3 is 2.14 bits per heavy atom. The summed E-state index contributed by atoms with van der Waals surface area (Å²) >= 11 is 0. The molecule has 0 fully saturated rings. The summed E-state index contributed by atoms with van der Waals surface area (Å²) in [5.41, 5.74) is 4.77. The molecule has 0 aliphatic heterocycles. The Bertz CT molecular complexity index is 1030. The minimum atomic E-state index is -0.890. The molecule has 0 N–H and O–H groups in total. The van der Waals surface area contributed by atoms with E-state index in [4.69, 9.17) is 9.47 Å². The summed E-state index contributed by atoms with van der Waals surface area (Å²) in [5.74, 6) is -0.103. The quantitative estimate of drug-likeness (QED) is 0.446. The van der Waals surface area contributed by atoms with Gasteiger partial charge in [0.2, 0.25) is 5.78 Å². The highest BCUT2D eigenvalue weighted by Crippen LogP contribution is 2.23. The maximum Gasteiger partial charge on any atom is 0.340 e. The van der Waals surface area contributed by atoms with E-state index in [0.29, 0.717) is 16.9 Å². The zero-order chi connectivity index (χ0) is 21.1. The van der Waals surface area contributed by atoms with Crippen molar-refractivity contribution in [3.63, 3.8) is 0 Å². The van der Waals surface area contributed by atoms with Crippen molar-refractivity contribution in [2.75, 3.05) is 7.11 Å². The molecule has 0 amide bonds. The summed E-state index contributed by atoms with van der Waals surface area (Å²) in [6, 6.07) is 16.6. The van der Waals surface area contributed by atoms with Gasteiger partial charge >= 0.3 is 5.97 Å². The van der Waals surface area contributed by atoms with Crippen LogP contribution in [0.4, 0.5) is 0 Å². The highest BCUT2D eigenvalue weighted by Gasteiger charge is 2.24. The number of ketones is 1. The molecular weight excluding hydrogens is 366 g/mol. The second kappa shape index (κ2) is 8.35. The van der Waals surface area contributed by atoms with Gasteiger partial charge in [-0.1, -0.05) is 17.7 Å². The number of aromatic nitrogens is 1. The van der Waals surface area contributed by atoms with Crippen molar-refractivity contribution in [3.8, 4) is 11.4 Å². The molecule has 2 aromatic carbocycles. The van der Waals surface area contributed by atoms with Crippen molar-refractivity contribution in [1.82, 2.24) is 4.57 Å². The third kappa shape index (κ3) is 4.24. The summed E-state index contributed by atoms with van der Waals surface area (Å²) in [6.07, 6.45) is -0.890. The SMILES string of the molecule is COc1ccc(C(=O)[C@@H](C)OC(=O)c2cc(C)n(-c3ccc(C)cc3)c2C)cc1. The van der Waals surface area contributed by atoms with Crippen LogP contribution >= 0.6 is 0 Å². The number of ether oxygens (including phenoxy) is 2. The molecule has 3 aromatic rings. The van der Waals surface area contributed by atoms with E-state index in [1.807, 2.05) is 49.6 Å².